The fraction of sp³-hybridized carbons (Fsp3) is 0.400. The molecule has 0 saturated carbocycles. The van der Waals surface area contributed by atoms with E-state index in [9.17, 15) is 14.4 Å². The highest BCUT2D eigenvalue weighted by molar-refractivity contribution is 6.02. The maximum Gasteiger partial charge on any atom is 0.326 e. The number of ether oxygens (including phenoxy) is 1. The van der Waals surface area contributed by atoms with Crippen LogP contribution in [0.2, 0.25) is 0 Å². The van der Waals surface area contributed by atoms with Crippen molar-refractivity contribution in [3.8, 4) is 5.75 Å². The molecule has 2 unspecified atom stereocenters. The van der Waals surface area contributed by atoms with E-state index >= 15 is 0 Å². The largest absolute Gasteiger partial charge is 0.482 e. The first-order valence-electron chi connectivity index (χ1n) is 7.09. The van der Waals surface area contributed by atoms with Crippen molar-refractivity contribution in [2.24, 2.45) is 5.92 Å². The Hall–Kier alpha value is -2.77. The number of benzene rings is 1. The van der Waals surface area contributed by atoms with E-state index in [0.717, 1.165) is 0 Å². The van der Waals surface area contributed by atoms with E-state index in [-0.39, 0.29) is 13.2 Å². The number of nitrogens with zero attached hydrogens (tertiary/aromatic N) is 1. The quantitative estimate of drug-likeness (QED) is 0.716. The SMILES string of the molecule is CC(CNc1ccc2c(c1)N(C(C)C(=O)O)C(=O)CO2)C(=O)O. The third kappa shape index (κ3) is 3.53. The molecule has 1 aliphatic heterocycles. The lowest BCUT2D eigenvalue weighted by Gasteiger charge is -2.32. The van der Waals surface area contributed by atoms with Crippen molar-refractivity contribution < 1.29 is 29.3 Å². The van der Waals surface area contributed by atoms with Gasteiger partial charge in [-0.25, -0.2) is 4.79 Å². The number of rotatable bonds is 6. The van der Waals surface area contributed by atoms with Gasteiger partial charge < -0.3 is 20.3 Å². The molecule has 0 fully saturated rings. The van der Waals surface area contributed by atoms with Crippen molar-refractivity contribution in [3.05, 3.63) is 18.2 Å². The number of hydrogen-bond donors (Lipinski definition) is 3. The predicted octanol–water partition coefficient (Wildman–Crippen LogP) is 1.02. The number of carboxylic acids is 2. The number of amides is 1. The average molecular weight is 322 g/mol. The summed E-state index contributed by atoms with van der Waals surface area (Å²) in [5.41, 5.74) is 0.932. The van der Waals surface area contributed by atoms with E-state index in [4.69, 9.17) is 14.9 Å². The van der Waals surface area contributed by atoms with E-state index in [1.54, 1.807) is 25.1 Å². The van der Waals surface area contributed by atoms with Crippen molar-refractivity contribution in [1.82, 2.24) is 0 Å². The molecule has 3 N–H and O–H groups in total. The van der Waals surface area contributed by atoms with E-state index in [2.05, 4.69) is 5.32 Å². The van der Waals surface area contributed by atoms with Crippen LogP contribution in [0.25, 0.3) is 0 Å². The molecular weight excluding hydrogens is 304 g/mol. The number of aliphatic carboxylic acids is 2. The molecule has 1 aromatic rings. The predicted molar refractivity (Wildman–Crippen MR) is 81.8 cm³/mol. The zero-order valence-electron chi connectivity index (χ0n) is 12.8. The minimum Gasteiger partial charge on any atom is -0.482 e. The summed E-state index contributed by atoms with van der Waals surface area (Å²) in [6.45, 7) is 2.98. The number of nitrogens with one attached hydrogen (secondary N) is 1. The summed E-state index contributed by atoms with van der Waals surface area (Å²) in [6, 6.07) is 3.86. The van der Waals surface area contributed by atoms with Gasteiger partial charge in [0.05, 0.1) is 11.6 Å². The third-order valence-corrected chi connectivity index (χ3v) is 3.62. The molecule has 124 valence electrons. The molecule has 1 aliphatic rings. The van der Waals surface area contributed by atoms with Gasteiger partial charge in [0.25, 0.3) is 5.91 Å². The minimum atomic E-state index is -1.12. The van der Waals surface area contributed by atoms with Crippen molar-refractivity contribution in [1.29, 1.82) is 0 Å². The zero-order valence-corrected chi connectivity index (χ0v) is 12.8. The Balaban J connectivity index is 2.27. The van der Waals surface area contributed by atoms with Gasteiger partial charge in [-0.15, -0.1) is 0 Å². The molecule has 8 nitrogen and oxygen atoms in total. The molecule has 2 rings (SSSR count). The fourth-order valence-electron chi connectivity index (χ4n) is 2.17. The summed E-state index contributed by atoms with van der Waals surface area (Å²) >= 11 is 0. The second-order valence-corrected chi connectivity index (χ2v) is 5.37. The molecule has 23 heavy (non-hydrogen) atoms. The Labute approximate surface area is 132 Å². The van der Waals surface area contributed by atoms with Gasteiger partial charge in [-0.3, -0.25) is 14.5 Å². The van der Waals surface area contributed by atoms with Gasteiger partial charge in [0.1, 0.15) is 11.8 Å². The van der Waals surface area contributed by atoms with Crippen LogP contribution in [0, 0.1) is 5.92 Å². The maximum atomic E-state index is 12.0. The van der Waals surface area contributed by atoms with Gasteiger partial charge in [-0.05, 0) is 25.1 Å². The van der Waals surface area contributed by atoms with E-state index in [1.807, 2.05) is 0 Å². The summed E-state index contributed by atoms with van der Waals surface area (Å²) in [7, 11) is 0. The molecule has 1 heterocycles. The van der Waals surface area contributed by atoms with Crippen LogP contribution < -0.4 is 15.0 Å². The summed E-state index contributed by atoms with van der Waals surface area (Å²) in [5, 5.41) is 21.0. The van der Waals surface area contributed by atoms with Crippen LogP contribution in [0.4, 0.5) is 11.4 Å². The van der Waals surface area contributed by atoms with Crippen LogP contribution in [0.5, 0.6) is 5.75 Å². The zero-order chi connectivity index (χ0) is 17.1. The lowest BCUT2D eigenvalue weighted by atomic mass is 10.1. The number of anilines is 2. The standard InChI is InChI=1S/C15H18N2O6/c1-8(14(19)20)6-16-10-3-4-12-11(5-10)17(9(2)15(21)22)13(18)7-23-12/h3-5,8-9,16H,6-7H2,1-2H3,(H,19,20)(H,21,22). The Morgan fingerprint density at radius 1 is 1.30 bits per heavy atom. The second kappa shape index (κ2) is 6.55. The van der Waals surface area contributed by atoms with Crippen molar-refractivity contribution in [3.63, 3.8) is 0 Å². The first-order chi connectivity index (χ1) is 10.8. The second-order valence-electron chi connectivity index (χ2n) is 5.37. The van der Waals surface area contributed by atoms with Crippen LogP contribution >= 0.6 is 0 Å². The molecule has 0 saturated heterocycles. The van der Waals surface area contributed by atoms with Crippen LogP contribution in [0.15, 0.2) is 18.2 Å². The van der Waals surface area contributed by atoms with Crippen molar-refractivity contribution in [2.75, 3.05) is 23.4 Å². The molecule has 1 amide bonds. The summed E-state index contributed by atoms with van der Waals surface area (Å²) in [6.07, 6.45) is 0. The Kier molecular flexibility index (Phi) is 4.73. The molecule has 0 aliphatic carbocycles. The van der Waals surface area contributed by atoms with E-state index < -0.39 is 29.8 Å². The first-order valence-corrected chi connectivity index (χ1v) is 7.09. The van der Waals surface area contributed by atoms with Crippen LogP contribution in [-0.4, -0.2) is 47.3 Å². The van der Waals surface area contributed by atoms with Gasteiger partial charge >= 0.3 is 11.9 Å². The van der Waals surface area contributed by atoms with Crippen LogP contribution in [0.1, 0.15) is 13.8 Å². The Morgan fingerprint density at radius 2 is 2.00 bits per heavy atom. The molecule has 8 heteroatoms. The summed E-state index contributed by atoms with van der Waals surface area (Å²) in [4.78, 5) is 35.2. The van der Waals surface area contributed by atoms with E-state index in [1.165, 1.54) is 11.8 Å². The van der Waals surface area contributed by atoms with Crippen molar-refractivity contribution in [2.45, 2.75) is 19.9 Å². The van der Waals surface area contributed by atoms with Gasteiger partial charge in [0.15, 0.2) is 6.61 Å². The lowest BCUT2D eigenvalue weighted by molar-refractivity contribution is -0.141. The minimum absolute atomic E-state index is 0.206. The van der Waals surface area contributed by atoms with Crippen LogP contribution in [-0.2, 0) is 14.4 Å². The normalized spacial score (nSPS) is 16.1. The van der Waals surface area contributed by atoms with Crippen LogP contribution in [0.3, 0.4) is 0 Å². The third-order valence-electron chi connectivity index (χ3n) is 3.62. The number of carboxylic acid groups (broad SMARTS) is 2. The fourth-order valence-corrected chi connectivity index (χ4v) is 2.17. The number of carbonyl (C=O) groups is 3. The average Bonchev–Trinajstić information content (AvgIpc) is 2.51. The molecule has 2 atom stereocenters. The number of fused-ring (bicyclic) bond motifs is 1. The van der Waals surface area contributed by atoms with Gasteiger partial charge in [-0.1, -0.05) is 6.92 Å². The molecular formula is C15H18N2O6. The van der Waals surface area contributed by atoms with Gasteiger partial charge in [0.2, 0.25) is 0 Å². The van der Waals surface area contributed by atoms with Gasteiger partial charge in [-0.2, -0.15) is 0 Å². The lowest BCUT2D eigenvalue weighted by Crippen LogP contribution is -2.48. The summed E-state index contributed by atoms with van der Waals surface area (Å²) in [5.74, 6) is -2.66. The van der Waals surface area contributed by atoms with E-state index in [0.29, 0.717) is 17.1 Å². The molecule has 0 spiro atoms. The number of carbonyl (C=O) groups excluding carboxylic acids is 1. The monoisotopic (exact) mass is 322 g/mol. The summed E-state index contributed by atoms with van der Waals surface area (Å²) < 4.78 is 5.31. The molecule has 0 aromatic heterocycles. The highest BCUT2D eigenvalue weighted by atomic mass is 16.5. The van der Waals surface area contributed by atoms with Gasteiger partial charge in [0, 0.05) is 12.2 Å². The highest BCUT2D eigenvalue weighted by Gasteiger charge is 2.33. The Bertz CT molecular complexity index is 645. The van der Waals surface area contributed by atoms with Crippen molar-refractivity contribution >= 4 is 29.2 Å². The topological polar surface area (TPSA) is 116 Å². The molecule has 0 bridgehead atoms. The molecule has 1 aromatic carbocycles. The number of hydrogen-bond acceptors (Lipinski definition) is 5. The molecule has 0 radical (unpaired) electrons. The first kappa shape index (κ1) is 16.6. The highest BCUT2D eigenvalue weighted by Crippen LogP contribution is 2.35. The maximum absolute atomic E-state index is 12.0. The Morgan fingerprint density at radius 3 is 2.61 bits per heavy atom. The smallest absolute Gasteiger partial charge is 0.326 e.